The molecule has 2 heterocycles. The second-order valence-electron chi connectivity index (χ2n) is 4.60. The van der Waals surface area contributed by atoms with Gasteiger partial charge in [0.1, 0.15) is 6.04 Å². The molecule has 3 N–H and O–H groups in total. The standard InChI is InChI=1S/C15H17N5/c1-2-20-14(9-10-17-20)15(19-16)13-8-7-11-5-3-4-6-12(11)18-13/h3-10,15,19H,2,16H2,1H3. The number of benzene rings is 1. The van der Waals surface area contributed by atoms with Gasteiger partial charge in [0.15, 0.2) is 0 Å². The zero-order chi connectivity index (χ0) is 13.9. The van der Waals surface area contributed by atoms with Crippen LogP contribution in [0.15, 0.2) is 48.7 Å². The Morgan fingerprint density at radius 2 is 2.05 bits per heavy atom. The van der Waals surface area contributed by atoms with Crippen molar-refractivity contribution in [3.05, 3.63) is 60.0 Å². The Balaban J connectivity index is 2.07. The van der Waals surface area contributed by atoms with E-state index in [9.17, 15) is 0 Å². The van der Waals surface area contributed by atoms with Crippen molar-refractivity contribution in [3.63, 3.8) is 0 Å². The van der Waals surface area contributed by atoms with Crippen LogP contribution in [0.25, 0.3) is 10.9 Å². The zero-order valence-electron chi connectivity index (χ0n) is 11.3. The third-order valence-electron chi connectivity index (χ3n) is 3.43. The number of pyridine rings is 1. The first kappa shape index (κ1) is 12.8. The largest absolute Gasteiger partial charge is 0.270 e. The molecular weight excluding hydrogens is 250 g/mol. The minimum absolute atomic E-state index is 0.165. The summed E-state index contributed by atoms with van der Waals surface area (Å²) in [6, 6.07) is 13.9. The van der Waals surface area contributed by atoms with Crippen LogP contribution in [0.3, 0.4) is 0 Å². The molecule has 0 radical (unpaired) electrons. The quantitative estimate of drug-likeness (QED) is 0.560. The molecule has 0 aliphatic heterocycles. The number of hydrazine groups is 1. The maximum atomic E-state index is 5.73. The van der Waals surface area contributed by atoms with Crippen molar-refractivity contribution in [1.29, 1.82) is 0 Å². The molecule has 20 heavy (non-hydrogen) atoms. The fourth-order valence-electron chi connectivity index (χ4n) is 2.42. The van der Waals surface area contributed by atoms with Crippen molar-refractivity contribution in [2.75, 3.05) is 0 Å². The van der Waals surface area contributed by atoms with Crippen LogP contribution in [-0.2, 0) is 6.54 Å². The number of nitrogens with one attached hydrogen (secondary N) is 1. The van der Waals surface area contributed by atoms with Crippen LogP contribution >= 0.6 is 0 Å². The molecule has 3 rings (SSSR count). The van der Waals surface area contributed by atoms with Crippen molar-refractivity contribution >= 4 is 10.9 Å². The lowest BCUT2D eigenvalue weighted by atomic mass is 10.1. The first-order chi connectivity index (χ1) is 9.83. The number of para-hydroxylation sites is 1. The zero-order valence-corrected chi connectivity index (χ0v) is 11.3. The summed E-state index contributed by atoms with van der Waals surface area (Å²) in [6.07, 6.45) is 1.78. The molecule has 0 aliphatic carbocycles. The summed E-state index contributed by atoms with van der Waals surface area (Å²) in [6.45, 7) is 2.85. The van der Waals surface area contributed by atoms with E-state index in [-0.39, 0.29) is 6.04 Å². The molecule has 0 bridgehead atoms. The topological polar surface area (TPSA) is 68.8 Å². The first-order valence-electron chi connectivity index (χ1n) is 6.67. The molecule has 1 atom stereocenters. The lowest BCUT2D eigenvalue weighted by Crippen LogP contribution is -2.31. The number of hydrogen-bond donors (Lipinski definition) is 2. The van der Waals surface area contributed by atoms with Crippen LogP contribution in [0.2, 0.25) is 0 Å². The molecule has 2 aromatic heterocycles. The van der Waals surface area contributed by atoms with Crippen LogP contribution in [0.5, 0.6) is 0 Å². The number of nitrogens with zero attached hydrogens (tertiary/aromatic N) is 3. The molecule has 0 aliphatic rings. The van der Waals surface area contributed by atoms with Gasteiger partial charge in [-0.25, -0.2) is 5.43 Å². The number of aromatic nitrogens is 3. The Morgan fingerprint density at radius 1 is 1.20 bits per heavy atom. The molecule has 102 valence electrons. The van der Waals surface area contributed by atoms with E-state index in [2.05, 4.69) is 23.5 Å². The first-order valence-corrected chi connectivity index (χ1v) is 6.67. The van der Waals surface area contributed by atoms with Crippen molar-refractivity contribution in [2.24, 2.45) is 5.84 Å². The summed E-state index contributed by atoms with van der Waals surface area (Å²) in [5.41, 5.74) is 5.70. The molecule has 5 heteroatoms. The third-order valence-corrected chi connectivity index (χ3v) is 3.43. The van der Waals surface area contributed by atoms with Crippen LogP contribution in [0, 0.1) is 0 Å². The van der Waals surface area contributed by atoms with Crippen molar-refractivity contribution < 1.29 is 0 Å². The van der Waals surface area contributed by atoms with E-state index in [1.807, 2.05) is 41.1 Å². The SMILES string of the molecule is CCn1nccc1C(NN)c1ccc2ccccc2n1. The van der Waals surface area contributed by atoms with E-state index >= 15 is 0 Å². The highest BCUT2D eigenvalue weighted by molar-refractivity contribution is 5.78. The molecule has 1 unspecified atom stereocenters. The van der Waals surface area contributed by atoms with Gasteiger partial charge in [-0.2, -0.15) is 5.10 Å². The highest BCUT2D eigenvalue weighted by Gasteiger charge is 2.18. The predicted molar refractivity (Wildman–Crippen MR) is 78.8 cm³/mol. The van der Waals surface area contributed by atoms with Gasteiger partial charge in [-0.05, 0) is 25.1 Å². The van der Waals surface area contributed by atoms with Gasteiger partial charge in [-0.15, -0.1) is 0 Å². The fourth-order valence-corrected chi connectivity index (χ4v) is 2.42. The Morgan fingerprint density at radius 3 is 2.85 bits per heavy atom. The predicted octanol–water partition coefficient (Wildman–Crippen LogP) is 2.00. The molecule has 0 saturated heterocycles. The second-order valence-corrected chi connectivity index (χ2v) is 4.60. The van der Waals surface area contributed by atoms with E-state index in [1.165, 1.54) is 0 Å². The molecule has 0 saturated carbocycles. The Kier molecular flexibility index (Phi) is 3.45. The highest BCUT2D eigenvalue weighted by Crippen LogP contribution is 2.22. The smallest absolute Gasteiger partial charge is 0.105 e. The van der Waals surface area contributed by atoms with Gasteiger partial charge >= 0.3 is 0 Å². The number of fused-ring (bicyclic) bond motifs is 1. The molecule has 0 fully saturated rings. The van der Waals surface area contributed by atoms with Gasteiger partial charge in [-0.3, -0.25) is 15.5 Å². The van der Waals surface area contributed by atoms with Crippen molar-refractivity contribution in [1.82, 2.24) is 20.2 Å². The van der Waals surface area contributed by atoms with Gasteiger partial charge in [0.25, 0.3) is 0 Å². The Bertz CT molecular complexity index is 719. The maximum Gasteiger partial charge on any atom is 0.105 e. The lowest BCUT2D eigenvalue weighted by Gasteiger charge is -2.17. The second kappa shape index (κ2) is 5.40. The average molecular weight is 267 g/mol. The van der Waals surface area contributed by atoms with Gasteiger partial charge in [0.05, 0.1) is 16.9 Å². The van der Waals surface area contributed by atoms with Crippen LogP contribution < -0.4 is 11.3 Å². The summed E-state index contributed by atoms with van der Waals surface area (Å²) in [7, 11) is 0. The minimum Gasteiger partial charge on any atom is -0.270 e. The molecule has 5 nitrogen and oxygen atoms in total. The minimum atomic E-state index is -0.165. The lowest BCUT2D eigenvalue weighted by molar-refractivity contribution is 0.536. The normalized spacial score (nSPS) is 12.7. The fraction of sp³-hybridized carbons (Fsp3) is 0.200. The number of aryl methyl sites for hydroxylation is 1. The summed E-state index contributed by atoms with van der Waals surface area (Å²) < 4.78 is 1.92. The number of hydrogen-bond acceptors (Lipinski definition) is 4. The third kappa shape index (κ3) is 2.17. The molecule has 3 aromatic rings. The molecule has 1 aromatic carbocycles. The molecular formula is C15H17N5. The Labute approximate surface area is 117 Å². The summed E-state index contributed by atoms with van der Waals surface area (Å²) in [4.78, 5) is 4.69. The van der Waals surface area contributed by atoms with Gasteiger partial charge < -0.3 is 0 Å². The summed E-state index contributed by atoms with van der Waals surface area (Å²) in [5.74, 6) is 5.73. The summed E-state index contributed by atoms with van der Waals surface area (Å²) >= 11 is 0. The maximum absolute atomic E-state index is 5.73. The van der Waals surface area contributed by atoms with Crippen molar-refractivity contribution in [3.8, 4) is 0 Å². The van der Waals surface area contributed by atoms with Gasteiger partial charge in [0, 0.05) is 18.1 Å². The monoisotopic (exact) mass is 267 g/mol. The summed E-state index contributed by atoms with van der Waals surface area (Å²) in [5, 5.41) is 5.41. The van der Waals surface area contributed by atoms with Crippen LogP contribution in [0.1, 0.15) is 24.4 Å². The van der Waals surface area contributed by atoms with E-state index < -0.39 is 0 Å². The van der Waals surface area contributed by atoms with E-state index in [4.69, 9.17) is 10.8 Å². The van der Waals surface area contributed by atoms with Crippen molar-refractivity contribution in [2.45, 2.75) is 19.5 Å². The van der Waals surface area contributed by atoms with Gasteiger partial charge in [-0.1, -0.05) is 24.3 Å². The van der Waals surface area contributed by atoms with Crippen LogP contribution in [0.4, 0.5) is 0 Å². The van der Waals surface area contributed by atoms with E-state index in [1.54, 1.807) is 6.20 Å². The number of nitrogens with two attached hydrogens (primary N) is 1. The van der Waals surface area contributed by atoms with Crippen LogP contribution in [-0.4, -0.2) is 14.8 Å². The average Bonchev–Trinajstić information content (AvgIpc) is 2.96. The Hall–Kier alpha value is -2.24. The van der Waals surface area contributed by atoms with Gasteiger partial charge in [0.2, 0.25) is 0 Å². The molecule has 0 spiro atoms. The molecule has 0 amide bonds. The van der Waals surface area contributed by atoms with E-state index in [0.717, 1.165) is 28.8 Å². The highest BCUT2D eigenvalue weighted by atomic mass is 15.3. The number of rotatable bonds is 4. The van der Waals surface area contributed by atoms with E-state index in [0.29, 0.717) is 0 Å².